The van der Waals surface area contributed by atoms with Crippen LogP contribution in [0.1, 0.15) is 68.8 Å². The van der Waals surface area contributed by atoms with Crippen LogP contribution in [0.2, 0.25) is 0 Å². The first-order valence-corrected chi connectivity index (χ1v) is 12.9. The Morgan fingerprint density at radius 3 is 2.49 bits per heavy atom. The summed E-state index contributed by atoms with van der Waals surface area (Å²) in [5, 5.41) is 23.8. The largest absolute Gasteiger partial charge is 0.390 e. The van der Waals surface area contributed by atoms with Crippen LogP contribution in [0, 0.1) is 41.5 Å². The average Bonchev–Trinajstić information content (AvgIpc) is 2.91. The van der Waals surface area contributed by atoms with E-state index in [2.05, 4.69) is 21.2 Å². The first-order valence-electron chi connectivity index (χ1n) is 12.9. The topological polar surface area (TPSA) is 120 Å². The van der Waals surface area contributed by atoms with Crippen molar-refractivity contribution in [3.8, 4) is 12.1 Å². The molecule has 3 aromatic heterocycles. The zero-order valence-corrected chi connectivity index (χ0v) is 23.1. The van der Waals surface area contributed by atoms with Gasteiger partial charge in [0.15, 0.2) is 0 Å². The first kappa shape index (κ1) is 27.7. The fourth-order valence-electron chi connectivity index (χ4n) is 5.07. The monoisotopic (exact) mass is 529 g/mol. The summed E-state index contributed by atoms with van der Waals surface area (Å²) in [4.78, 5) is 29.2. The van der Waals surface area contributed by atoms with Gasteiger partial charge in [0.2, 0.25) is 5.95 Å². The maximum Gasteiger partial charge on any atom is 0.270 e. The smallest absolute Gasteiger partial charge is 0.270 e. The molecule has 0 atom stereocenters. The number of pyridine rings is 3. The third kappa shape index (κ3) is 5.61. The van der Waals surface area contributed by atoms with E-state index in [1.807, 2.05) is 38.8 Å². The standard InChI is InChI=1S/C29H32FN7O2/c1-17-13-19(16-33-27(17)30)24(35-39-29(2,3)4)18-7-10-21(11-8-18)36(5)26-22(15-32)28(38)37(6)23-12-9-20(14-31)34-25(23)26/h9,12-13,16,18,21H,7-8,10-11H2,1-6H3/b35-24+. The van der Waals surface area contributed by atoms with Gasteiger partial charge in [0, 0.05) is 43.4 Å². The molecule has 39 heavy (non-hydrogen) atoms. The first-order chi connectivity index (χ1) is 18.4. The number of nitrogens with zero attached hydrogens (tertiary/aromatic N) is 7. The van der Waals surface area contributed by atoms with E-state index >= 15 is 0 Å². The van der Waals surface area contributed by atoms with Crippen LogP contribution in [0.3, 0.4) is 0 Å². The van der Waals surface area contributed by atoms with Gasteiger partial charge in [-0.15, -0.1) is 0 Å². The quantitative estimate of drug-likeness (QED) is 0.266. The Hall–Kier alpha value is -4.31. The highest BCUT2D eigenvalue weighted by molar-refractivity contribution is 6.02. The summed E-state index contributed by atoms with van der Waals surface area (Å²) in [5.74, 6) is -0.453. The van der Waals surface area contributed by atoms with Crippen LogP contribution in [0.4, 0.5) is 10.1 Å². The molecule has 9 nitrogen and oxygen atoms in total. The van der Waals surface area contributed by atoms with Gasteiger partial charge < -0.3 is 14.3 Å². The number of hydrogen-bond donors (Lipinski definition) is 0. The fourth-order valence-corrected chi connectivity index (χ4v) is 5.07. The summed E-state index contributed by atoms with van der Waals surface area (Å²) in [6, 6.07) is 9.14. The molecular formula is C29H32FN7O2. The molecule has 0 bridgehead atoms. The third-order valence-corrected chi connectivity index (χ3v) is 7.15. The van der Waals surface area contributed by atoms with Crippen LogP contribution >= 0.6 is 0 Å². The van der Waals surface area contributed by atoms with Crippen LogP contribution in [0.5, 0.6) is 0 Å². The molecule has 0 N–H and O–H groups in total. The molecule has 3 aromatic rings. The van der Waals surface area contributed by atoms with Gasteiger partial charge in [0.05, 0.1) is 16.9 Å². The molecule has 3 heterocycles. The molecule has 1 saturated carbocycles. The van der Waals surface area contributed by atoms with E-state index in [-0.39, 0.29) is 23.2 Å². The average molecular weight is 530 g/mol. The van der Waals surface area contributed by atoms with Crippen LogP contribution in [0.25, 0.3) is 11.0 Å². The van der Waals surface area contributed by atoms with E-state index in [0.717, 1.165) is 37.0 Å². The predicted octanol–water partition coefficient (Wildman–Crippen LogP) is 4.73. The minimum atomic E-state index is -0.511. The fraction of sp³-hybridized carbons (Fsp3) is 0.448. The molecular weight excluding hydrogens is 497 g/mol. The molecule has 0 aromatic carbocycles. The van der Waals surface area contributed by atoms with E-state index in [4.69, 9.17) is 4.84 Å². The van der Waals surface area contributed by atoms with Gasteiger partial charge in [0.1, 0.15) is 34.5 Å². The number of aryl methyl sites for hydroxylation is 2. The van der Waals surface area contributed by atoms with Crippen molar-refractivity contribution in [2.75, 3.05) is 11.9 Å². The van der Waals surface area contributed by atoms with Crippen molar-refractivity contribution in [3.05, 3.63) is 63.1 Å². The second-order valence-corrected chi connectivity index (χ2v) is 11.0. The number of hydrogen-bond acceptors (Lipinski definition) is 8. The zero-order chi connectivity index (χ0) is 28.5. The van der Waals surface area contributed by atoms with Crippen LogP contribution in [-0.2, 0) is 11.9 Å². The second kappa shape index (κ2) is 10.8. The molecule has 0 unspecified atom stereocenters. The summed E-state index contributed by atoms with van der Waals surface area (Å²) in [5.41, 5.74) is 2.68. The van der Waals surface area contributed by atoms with Crippen LogP contribution < -0.4 is 10.5 Å². The van der Waals surface area contributed by atoms with Crippen molar-refractivity contribution < 1.29 is 9.23 Å². The lowest BCUT2D eigenvalue weighted by atomic mass is 9.80. The van der Waals surface area contributed by atoms with E-state index in [1.165, 1.54) is 10.8 Å². The van der Waals surface area contributed by atoms with Crippen molar-refractivity contribution >= 4 is 22.4 Å². The maximum absolute atomic E-state index is 13.9. The second-order valence-electron chi connectivity index (χ2n) is 11.0. The summed E-state index contributed by atoms with van der Waals surface area (Å²) in [6.07, 6.45) is 4.53. The number of nitriles is 2. The van der Waals surface area contributed by atoms with Gasteiger partial charge in [-0.05, 0) is 71.6 Å². The summed E-state index contributed by atoms with van der Waals surface area (Å²) in [7, 11) is 3.46. The lowest BCUT2D eigenvalue weighted by Crippen LogP contribution is -2.39. The van der Waals surface area contributed by atoms with Crippen molar-refractivity contribution in [2.45, 2.75) is 65.0 Å². The minimum absolute atomic E-state index is 0.00547. The number of halogens is 1. The Balaban J connectivity index is 1.67. The molecule has 1 aliphatic rings. The molecule has 1 fully saturated rings. The number of fused-ring (bicyclic) bond motifs is 1. The van der Waals surface area contributed by atoms with Crippen molar-refractivity contribution in [1.29, 1.82) is 10.5 Å². The highest BCUT2D eigenvalue weighted by Gasteiger charge is 2.32. The summed E-state index contributed by atoms with van der Waals surface area (Å²) in [6.45, 7) is 7.43. The molecule has 4 rings (SSSR count). The van der Waals surface area contributed by atoms with Crippen molar-refractivity contribution in [3.63, 3.8) is 0 Å². The molecule has 0 saturated heterocycles. The molecule has 0 amide bonds. The van der Waals surface area contributed by atoms with E-state index < -0.39 is 17.1 Å². The Morgan fingerprint density at radius 1 is 1.21 bits per heavy atom. The molecule has 0 aliphatic heterocycles. The lowest BCUT2D eigenvalue weighted by Gasteiger charge is -2.37. The van der Waals surface area contributed by atoms with Gasteiger partial charge in [0.25, 0.3) is 5.56 Å². The lowest BCUT2D eigenvalue weighted by molar-refractivity contribution is -0.0000353. The van der Waals surface area contributed by atoms with E-state index in [0.29, 0.717) is 22.3 Å². The highest BCUT2D eigenvalue weighted by atomic mass is 19.1. The van der Waals surface area contributed by atoms with Crippen molar-refractivity contribution in [2.24, 2.45) is 18.1 Å². The number of aromatic nitrogens is 3. The Labute approximate surface area is 227 Å². The van der Waals surface area contributed by atoms with Crippen molar-refractivity contribution in [1.82, 2.24) is 14.5 Å². The Morgan fingerprint density at radius 2 is 1.90 bits per heavy atom. The number of anilines is 1. The van der Waals surface area contributed by atoms with E-state index in [9.17, 15) is 19.7 Å². The maximum atomic E-state index is 13.9. The molecule has 202 valence electrons. The van der Waals surface area contributed by atoms with Gasteiger partial charge in [-0.3, -0.25) is 4.79 Å². The molecule has 10 heteroatoms. The SMILES string of the molecule is Cc1cc(/C(=N/OC(C)(C)C)C2CCC(N(C)c3c(C#N)c(=O)n(C)c4ccc(C#N)nc34)CC2)cnc1F. The molecule has 1 aliphatic carbocycles. The van der Waals surface area contributed by atoms with Crippen LogP contribution in [-0.4, -0.2) is 38.9 Å². The molecule has 0 radical (unpaired) electrons. The van der Waals surface area contributed by atoms with Crippen LogP contribution in [0.15, 0.2) is 34.3 Å². The van der Waals surface area contributed by atoms with E-state index in [1.54, 1.807) is 32.2 Å². The zero-order valence-electron chi connectivity index (χ0n) is 23.1. The minimum Gasteiger partial charge on any atom is -0.390 e. The van der Waals surface area contributed by atoms with Gasteiger partial charge >= 0.3 is 0 Å². The number of rotatable bonds is 5. The van der Waals surface area contributed by atoms with Gasteiger partial charge in [-0.1, -0.05) is 5.16 Å². The van der Waals surface area contributed by atoms with Gasteiger partial charge in [-0.2, -0.15) is 14.9 Å². The molecule has 0 spiro atoms. The number of oxime groups is 1. The highest BCUT2D eigenvalue weighted by Crippen LogP contribution is 2.35. The summed E-state index contributed by atoms with van der Waals surface area (Å²) >= 11 is 0. The Kier molecular flexibility index (Phi) is 7.69. The third-order valence-electron chi connectivity index (χ3n) is 7.15. The summed E-state index contributed by atoms with van der Waals surface area (Å²) < 4.78 is 15.3. The normalized spacial score (nSPS) is 17.9. The Bertz CT molecular complexity index is 1580. The predicted molar refractivity (Wildman–Crippen MR) is 147 cm³/mol. The van der Waals surface area contributed by atoms with Gasteiger partial charge in [-0.25, -0.2) is 9.97 Å².